The SMILES string of the molecule is CSc1ncc(/C=C2\C(=O)NC(=O)N(c3ccccc3Cl)C2=O)cn1. The van der Waals surface area contributed by atoms with E-state index in [0.717, 1.165) is 4.90 Å². The predicted molar refractivity (Wildman–Crippen MR) is 94.3 cm³/mol. The third-order valence-electron chi connectivity index (χ3n) is 3.34. The highest BCUT2D eigenvalue weighted by Gasteiger charge is 2.37. The van der Waals surface area contributed by atoms with Crippen LogP contribution >= 0.6 is 23.4 Å². The minimum Gasteiger partial charge on any atom is -0.273 e. The smallest absolute Gasteiger partial charge is 0.273 e. The number of halogens is 1. The van der Waals surface area contributed by atoms with Gasteiger partial charge in [-0.3, -0.25) is 14.9 Å². The van der Waals surface area contributed by atoms with Crippen molar-refractivity contribution in [2.75, 3.05) is 11.2 Å². The first-order valence-corrected chi connectivity index (χ1v) is 8.63. The molecule has 0 saturated carbocycles. The lowest BCUT2D eigenvalue weighted by atomic mass is 10.1. The summed E-state index contributed by atoms with van der Waals surface area (Å²) < 4.78 is 0. The number of benzene rings is 1. The molecule has 9 heteroatoms. The molecule has 1 aromatic carbocycles. The molecule has 0 aliphatic carbocycles. The number of nitrogens with zero attached hydrogens (tertiary/aromatic N) is 3. The molecule has 1 N–H and O–H groups in total. The van der Waals surface area contributed by atoms with Crippen LogP contribution in [0.5, 0.6) is 0 Å². The number of para-hydroxylation sites is 1. The summed E-state index contributed by atoms with van der Waals surface area (Å²) in [6, 6.07) is 5.52. The van der Waals surface area contributed by atoms with Crippen LogP contribution in [0.1, 0.15) is 5.56 Å². The maximum atomic E-state index is 12.7. The first kappa shape index (κ1) is 17.1. The van der Waals surface area contributed by atoms with Gasteiger partial charge in [-0.05, 0) is 24.5 Å². The Balaban J connectivity index is 2.00. The number of imide groups is 2. The third-order valence-corrected chi connectivity index (χ3v) is 4.23. The zero-order chi connectivity index (χ0) is 18.0. The summed E-state index contributed by atoms with van der Waals surface area (Å²) in [5.41, 5.74) is 0.448. The van der Waals surface area contributed by atoms with E-state index in [1.807, 2.05) is 6.26 Å². The summed E-state index contributed by atoms with van der Waals surface area (Å²) in [5, 5.41) is 2.91. The first-order valence-electron chi connectivity index (χ1n) is 7.03. The highest BCUT2D eigenvalue weighted by Crippen LogP contribution is 2.28. The maximum Gasteiger partial charge on any atom is 0.335 e. The van der Waals surface area contributed by atoms with E-state index in [0.29, 0.717) is 10.7 Å². The average molecular weight is 375 g/mol. The molecule has 0 spiro atoms. The van der Waals surface area contributed by atoms with Crippen LogP contribution in [0.4, 0.5) is 10.5 Å². The van der Waals surface area contributed by atoms with Gasteiger partial charge in [0.2, 0.25) is 0 Å². The number of hydrogen-bond acceptors (Lipinski definition) is 6. The van der Waals surface area contributed by atoms with Gasteiger partial charge in [-0.15, -0.1) is 0 Å². The Morgan fingerprint density at radius 3 is 2.48 bits per heavy atom. The van der Waals surface area contributed by atoms with Gasteiger partial charge >= 0.3 is 6.03 Å². The molecule has 2 aromatic rings. The molecular weight excluding hydrogens is 364 g/mol. The fourth-order valence-corrected chi connectivity index (χ4v) is 2.72. The van der Waals surface area contributed by atoms with Gasteiger partial charge in [0, 0.05) is 18.0 Å². The number of carbonyl (C=O) groups is 3. The third kappa shape index (κ3) is 3.40. The lowest BCUT2D eigenvalue weighted by Crippen LogP contribution is -2.54. The second-order valence-corrected chi connectivity index (χ2v) is 6.09. The summed E-state index contributed by atoms with van der Waals surface area (Å²) in [4.78, 5) is 45.9. The van der Waals surface area contributed by atoms with E-state index in [4.69, 9.17) is 11.6 Å². The number of amides is 4. The van der Waals surface area contributed by atoms with Gasteiger partial charge in [-0.25, -0.2) is 19.7 Å². The predicted octanol–water partition coefficient (Wildman–Crippen LogP) is 2.52. The van der Waals surface area contributed by atoms with E-state index in [-0.39, 0.29) is 16.3 Å². The molecule has 0 atom stereocenters. The van der Waals surface area contributed by atoms with Gasteiger partial charge in [-0.1, -0.05) is 35.5 Å². The van der Waals surface area contributed by atoms with Crippen LogP contribution in [0.3, 0.4) is 0 Å². The van der Waals surface area contributed by atoms with Crippen molar-refractivity contribution in [3.63, 3.8) is 0 Å². The van der Waals surface area contributed by atoms with Gasteiger partial charge in [0.25, 0.3) is 11.8 Å². The van der Waals surface area contributed by atoms with Gasteiger partial charge in [0.15, 0.2) is 5.16 Å². The number of barbiturate groups is 1. The summed E-state index contributed by atoms with van der Waals surface area (Å²) in [6.45, 7) is 0. The van der Waals surface area contributed by atoms with Crippen molar-refractivity contribution >= 4 is 53.0 Å². The summed E-state index contributed by atoms with van der Waals surface area (Å²) >= 11 is 7.43. The lowest BCUT2D eigenvalue weighted by Gasteiger charge is -2.26. The van der Waals surface area contributed by atoms with Crippen molar-refractivity contribution in [1.29, 1.82) is 0 Å². The van der Waals surface area contributed by atoms with Crippen LogP contribution in [0.15, 0.2) is 47.4 Å². The van der Waals surface area contributed by atoms with Crippen LogP contribution in [0, 0.1) is 0 Å². The molecule has 1 aromatic heterocycles. The summed E-state index contributed by atoms with van der Waals surface area (Å²) in [6.07, 6.45) is 6.14. The zero-order valence-electron chi connectivity index (χ0n) is 12.9. The normalized spacial score (nSPS) is 16.3. The molecule has 1 aliphatic heterocycles. The standard InChI is InChI=1S/C16H11ClN4O3S/c1-25-15-18-7-9(8-19-15)6-10-13(22)20-16(24)21(14(10)23)12-5-3-2-4-11(12)17/h2-8H,1H3,(H,20,22,24)/b10-6+. The number of nitrogens with one attached hydrogen (secondary N) is 1. The van der Waals surface area contributed by atoms with Gasteiger partial charge in [0.05, 0.1) is 10.7 Å². The topological polar surface area (TPSA) is 92.3 Å². The molecule has 25 heavy (non-hydrogen) atoms. The monoisotopic (exact) mass is 374 g/mol. The Morgan fingerprint density at radius 1 is 1.16 bits per heavy atom. The molecule has 0 bridgehead atoms. The highest BCUT2D eigenvalue weighted by molar-refractivity contribution is 7.98. The van der Waals surface area contributed by atoms with E-state index in [9.17, 15) is 14.4 Å². The number of urea groups is 1. The summed E-state index contributed by atoms with van der Waals surface area (Å²) in [7, 11) is 0. The molecule has 7 nitrogen and oxygen atoms in total. The van der Waals surface area contributed by atoms with Crippen molar-refractivity contribution in [2.24, 2.45) is 0 Å². The van der Waals surface area contributed by atoms with Crippen molar-refractivity contribution in [3.8, 4) is 0 Å². The molecule has 1 aliphatic rings. The van der Waals surface area contributed by atoms with Crippen LogP contribution in [0.2, 0.25) is 5.02 Å². The number of carbonyl (C=O) groups excluding carboxylic acids is 3. The number of anilines is 1. The van der Waals surface area contributed by atoms with Crippen LogP contribution in [-0.4, -0.2) is 34.1 Å². The first-order chi connectivity index (χ1) is 12.0. The number of aromatic nitrogens is 2. The van der Waals surface area contributed by atoms with E-state index in [1.54, 1.807) is 18.2 Å². The Bertz CT molecular complexity index is 899. The Kier molecular flexibility index (Phi) is 4.82. The van der Waals surface area contributed by atoms with Crippen LogP contribution in [-0.2, 0) is 9.59 Å². The second kappa shape index (κ2) is 7.04. The fraction of sp³-hybridized carbons (Fsp3) is 0.0625. The minimum absolute atomic E-state index is 0.194. The average Bonchev–Trinajstić information content (AvgIpc) is 2.60. The lowest BCUT2D eigenvalue weighted by molar-refractivity contribution is -0.122. The molecule has 1 fully saturated rings. The number of rotatable bonds is 3. The van der Waals surface area contributed by atoms with E-state index in [1.165, 1.54) is 36.3 Å². The largest absolute Gasteiger partial charge is 0.335 e. The maximum absolute atomic E-state index is 12.7. The van der Waals surface area contributed by atoms with Gasteiger partial charge < -0.3 is 0 Å². The minimum atomic E-state index is -0.853. The zero-order valence-corrected chi connectivity index (χ0v) is 14.5. The second-order valence-electron chi connectivity index (χ2n) is 4.91. The van der Waals surface area contributed by atoms with Crippen molar-refractivity contribution < 1.29 is 14.4 Å². The molecule has 0 unspecified atom stereocenters. The van der Waals surface area contributed by atoms with Crippen molar-refractivity contribution in [2.45, 2.75) is 5.16 Å². The molecule has 3 rings (SSSR count). The quantitative estimate of drug-likeness (QED) is 0.384. The van der Waals surface area contributed by atoms with Crippen LogP contribution < -0.4 is 10.2 Å². The molecule has 0 radical (unpaired) electrons. The highest BCUT2D eigenvalue weighted by atomic mass is 35.5. The number of hydrogen-bond donors (Lipinski definition) is 1. The van der Waals surface area contributed by atoms with E-state index in [2.05, 4.69) is 15.3 Å². The Labute approximate surface area is 152 Å². The molecular formula is C16H11ClN4O3S. The van der Waals surface area contributed by atoms with E-state index >= 15 is 0 Å². The molecule has 126 valence electrons. The van der Waals surface area contributed by atoms with Crippen molar-refractivity contribution in [1.82, 2.24) is 15.3 Å². The van der Waals surface area contributed by atoms with Crippen LogP contribution in [0.25, 0.3) is 6.08 Å². The summed E-state index contributed by atoms with van der Waals surface area (Å²) in [5.74, 6) is -1.55. The Morgan fingerprint density at radius 2 is 1.84 bits per heavy atom. The molecule has 4 amide bonds. The number of thioether (sulfide) groups is 1. The Hall–Kier alpha value is -2.71. The fourth-order valence-electron chi connectivity index (χ4n) is 2.18. The molecule has 2 heterocycles. The van der Waals surface area contributed by atoms with Gasteiger partial charge in [-0.2, -0.15) is 0 Å². The molecule has 1 saturated heterocycles. The van der Waals surface area contributed by atoms with Gasteiger partial charge in [0.1, 0.15) is 5.57 Å². The van der Waals surface area contributed by atoms with E-state index < -0.39 is 17.8 Å². The van der Waals surface area contributed by atoms with Crippen molar-refractivity contribution in [3.05, 3.63) is 52.8 Å².